The first-order valence-corrected chi connectivity index (χ1v) is 6.03. The summed E-state index contributed by atoms with van der Waals surface area (Å²) in [6.07, 6.45) is 7.25. The molecule has 0 aromatic carbocycles. The van der Waals surface area contributed by atoms with Gasteiger partial charge in [-0.1, -0.05) is 20.3 Å². The van der Waals surface area contributed by atoms with E-state index in [1.165, 1.54) is 0 Å². The first kappa shape index (κ1) is 13.4. The van der Waals surface area contributed by atoms with Gasteiger partial charge in [0.25, 0.3) is 5.91 Å². The molecular formula is C13H19N3O. The Morgan fingerprint density at radius 3 is 2.65 bits per heavy atom. The molecule has 1 N–H and O–H groups in total. The van der Waals surface area contributed by atoms with Gasteiger partial charge in [-0.2, -0.15) is 5.10 Å². The Labute approximate surface area is 102 Å². The van der Waals surface area contributed by atoms with Crippen molar-refractivity contribution in [3.8, 4) is 0 Å². The summed E-state index contributed by atoms with van der Waals surface area (Å²) in [5.41, 5.74) is 4.19. The van der Waals surface area contributed by atoms with Gasteiger partial charge in [0.1, 0.15) is 0 Å². The molecular weight excluding hydrogens is 214 g/mol. The first-order chi connectivity index (χ1) is 8.27. The van der Waals surface area contributed by atoms with E-state index in [4.69, 9.17) is 0 Å². The normalized spacial score (nSPS) is 11.3. The molecule has 1 aromatic heterocycles. The van der Waals surface area contributed by atoms with E-state index in [1.807, 2.05) is 6.92 Å². The van der Waals surface area contributed by atoms with Gasteiger partial charge in [0.2, 0.25) is 0 Å². The molecule has 0 saturated heterocycles. The molecule has 0 unspecified atom stereocenters. The second-order valence-corrected chi connectivity index (χ2v) is 3.81. The van der Waals surface area contributed by atoms with Crippen LogP contribution in [0, 0.1) is 0 Å². The molecule has 0 radical (unpaired) electrons. The Morgan fingerprint density at radius 1 is 1.35 bits per heavy atom. The van der Waals surface area contributed by atoms with Crippen LogP contribution >= 0.6 is 0 Å². The summed E-state index contributed by atoms with van der Waals surface area (Å²) in [4.78, 5) is 15.6. The molecule has 1 rings (SSSR count). The van der Waals surface area contributed by atoms with Crippen LogP contribution in [0.4, 0.5) is 0 Å². The highest BCUT2D eigenvalue weighted by Crippen LogP contribution is 2.01. The lowest BCUT2D eigenvalue weighted by atomic mass is 10.1. The zero-order chi connectivity index (χ0) is 12.5. The summed E-state index contributed by atoms with van der Waals surface area (Å²) in [5, 5.41) is 4.15. The van der Waals surface area contributed by atoms with E-state index in [0.29, 0.717) is 5.56 Å². The minimum absolute atomic E-state index is 0.185. The summed E-state index contributed by atoms with van der Waals surface area (Å²) in [6, 6.07) is 3.34. The van der Waals surface area contributed by atoms with E-state index in [1.54, 1.807) is 24.5 Å². The SMILES string of the molecule is CCCC/C(CC)=N/NC(=O)c1ccncc1. The quantitative estimate of drug-likeness (QED) is 0.606. The van der Waals surface area contributed by atoms with Gasteiger partial charge in [-0.3, -0.25) is 9.78 Å². The molecule has 1 heterocycles. The maximum Gasteiger partial charge on any atom is 0.271 e. The number of rotatable bonds is 6. The van der Waals surface area contributed by atoms with Crippen LogP contribution in [0.15, 0.2) is 29.6 Å². The van der Waals surface area contributed by atoms with Gasteiger partial charge in [0.05, 0.1) is 0 Å². The molecule has 0 aliphatic carbocycles. The number of nitrogens with one attached hydrogen (secondary N) is 1. The minimum atomic E-state index is -0.185. The van der Waals surface area contributed by atoms with Crippen LogP contribution in [-0.4, -0.2) is 16.6 Å². The van der Waals surface area contributed by atoms with Gasteiger partial charge in [0.15, 0.2) is 0 Å². The predicted octanol–water partition coefficient (Wildman–Crippen LogP) is 2.77. The van der Waals surface area contributed by atoms with Crippen LogP contribution in [0.5, 0.6) is 0 Å². The van der Waals surface area contributed by atoms with E-state index in [-0.39, 0.29) is 5.91 Å². The predicted molar refractivity (Wildman–Crippen MR) is 69.0 cm³/mol. The topological polar surface area (TPSA) is 54.4 Å². The second kappa shape index (κ2) is 7.54. The monoisotopic (exact) mass is 233 g/mol. The fourth-order valence-electron chi connectivity index (χ4n) is 1.39. The second-order valence-electron chi connectivity index (χ2n) is 3.81. The van der Waals surface area contributed by atoms with Crippen LogP contribution in [-0.2, 0) is 0 Å². The van der Waals surface area contributed by atoms with Gasteiger partial charge in [-0.15, -0.1) is 0 Å². The van der Waals surface area contributed by atoms with Crippen LogP contribution in [0.25, 0.3) is 0 Å². The highest BCUT2D eigenvalue weighted by Gasteiger charge is 2.03. The van der Waals surface area contributed by atoms with Gasteiger partial charge in [0, 0.05) is 23.7 Å². The Morgan fingerprint density at radius 2 is 2.06 bits per heavy atom. The lowest BCUT2D eigenvalue weighted by molar-refractivity contribution is 0.0954. The highest BCUT2D eigenvalue weighted by atomic mass is 16.2. The average Bonchev–Trinajstić information content (AvgIpc) is 2.39. The van der Waals surface area contributed by atoms with Crippen LogP contribution in [0.1, 0.15) is 49.9 Å². The fraction of sp³-hybridized carbons (Fsp3) is 0.462. The van der Waals surface area contributed by atoms with E-state index in [0.717, 1.165) is 31.4 Å². The van der Waals surface area contributed by atoms with Crippen LogP contribution in [0.2, 0.25) is 0 Å². The third-order valence-corrected chi connectivity index (χ3v) is 2.49. The summed E-state index contributed by atoms with van der Waals surface area (Å²) in [6.45, 7) is 4.19. The third kappa shape index (κ3) is 4.76. The summed E-state index contributed by atoms with van der Waals surface area (Å²) >= 11 is 0. The van der Waals surface area contributed by atoms with Crippen LogP contribution < -0.4 is 5.43 Å². The molecule has 4 heteroatoms. The van der Waals surface area contributed by atoms with Gasteiger partial charge in [-0.25, -0.2) is 5.43 Å². The number of amides is 1. The number of pyridine rings is 1. The number of carbonyl (C=O) groups excluding carboxylic acids is 1. The number of aromatic nitrogens is 1. The van der Waals surface area contributed by atoms with Crippen LogP contribution in [0.3, 0.4) is 0 Å². The Hall–Kier alpha value is -1.71. The summed E-state index contributed by atoms with van der Waals surface area (Å²) in [5.74, 6) is -0.185. The van der Waals surface area contributed by atoms with Gasteiger partial charge in [-0.05, 0) is 31.4 Å². The molecule has 0 aliphatic heterocycles. The largest absolute Gasteiger partial charge is 0.271 e. The van der Waals surface area contributed by atoms with Crippen molar-refractivity contribution in [1.29, 1.82) is 0 Å². The Balaban J connectivity index is 2.53. The summed E-state index contributed by atoms with van der Waals surface area (Å²) < 4.78 is 0. The molecule has 0 saturated carbocycles. The Kier molecular flexibility index (Phi) is 5.93. The number of carbonyl (C=O) groups is 1. The smallest absolute Gasteiger partial charge is 0.267 e. The lowest BCUT2D eigenvalue weighted by Crippen LogP contribution is -2.19. The van der Waals surface area contributed by atoms with E-state index < -0.39 is 0 Å². The molecule has 0 spiro atoms. The molecule has 0 aliphatic rings. The lowest BCUT2D eigenvalue weighted by Gasteiger charge is -2.04. The average molecular weight is 233 g/mol. The van der Waals surface area contributed by atoms with Crippen molar-refractivity contribution in [2.45, 2.75) is 39.5 Å². The van der Waals surface area contributed by atoms with Gasteiger partial charge < -0.3 is 0 Å². The molecule has 0 bridgehead atoms. The fourth-order valence-corrected chi connectivity index (χ4v) is 1.39. The molecule has 1 aromatic rings. The Bertz CT molecular complexity index is 374. The van der Waals surface area contributed by atoms with Crippen molar-refractivity contribution < 1.29 is 4.79 Å². The van der Waals surface area contributed by atoms with Crippen molar-refractivity contribution in [1.82, 2.24) is 10.4 Å². The highest BCUT2D eigenvalue weighted by molar-refractivity contribution is 5.95. The van der Waals surface area contributed by atoms with Crippen molar-refractivity contribution in [3.63, 3.8) is 0 Å². The third-order valence-electron chi connectivity index (χ3n) is 2.49. The molecule has 17 heavy (non-hydrogen) atoms. The van der Waals surface area contributed by atoms with E-state index in [2.05, 4.69) is 22.4 Å². The molecule has 4 nitrogen and oxygen atoms in total. The minimum Gasteiger partial charge on any atom is -0.267 e. The van der Waals surface area contributed by atoms with Crippen molar-refractivity contribution in [2.24, 2.45) is 5.10 Å². The maximum atomic E-state index is 11.7. The zero-order valence-corrected chi connectivity index (χ0v) is 10.4. The van der Waals surface area contributed by atoms with Crippen molar-refractivity contribution in [2.75, 3.05) is 0 Å². The van der Waals surface area contributed by atoms with Crippen molar-refractivity contribution in [3.05, 3.63) is 30.1 Å². The molecule has 0 atom stereocenters. The molecule has 0 fully saturated rings. The van der Waals surface area contributed by atoms with Gasteiger partial charge >= 0.3 is 0 Å². The number of unbranched alkanes of at least 4 members (excludes halogenated alkanes) is 1. The molecule has 92 valence electrons. The molecule has 1 amide bonds. The number of nitrogens with zero attached hydrogens (tertiary/aromatic N) is 2. The first-order valence-electron chi connectivity index (χ1n) is 6.03. The van der Waals surface area contributed by atoms with E-state index in [9.17, 15) is 4.79 Å². The number of hydrogen-bond acceptors (Lipinski definition) is 3. The standard InChI is InChI=1S/C13H19N3O/c1-3-5-6-12(4-2)15-16-13(17)11-7-9-14-10-8-11/h7-10H,3-6H2,1-2H3,(H,16,17)/b15-12+. The number of hydrazone groups is 1. The number of hydrogen-bond donors (Lipinski definition) is 1. The van der Waals surface area contributed by atoms with Crippen molar-refractivity contribution >= 4 is 11.6 Å². The maximum absolute atomic E-state index is 11.7. The van der Waals surface area contributed by atoms with E-state index >= 15 is 0 Å². The summed E-state index contributed by atoms with van der Waals surface area (Å²) in [7, 11) is 0. The zero-order valence-electron chi connectivity index (χ0n) is 10.4.